The van der Waals surface area contributed by atoms with Gasteiger partial charge in [-0.05, 0) is 52.1 Å². The van der Waals surface area contributed by atoms with Crippen LogP contribution >= 0.6 is 31.9 Å². The number of allylic oxidation sites excluding steroid dienone is 2. The lowest BCUT2D eigenvalue weighted by Gasteiger charge is -2.02. The highest BCUT2D eigenvalue weighted by molar-refractivity contribution is 9.10. The molecule has 0 aromatic heterocycles. The van der Waals surface area contributed by atoms with Crippen molar-refractivity contribution in [3.63, 3.8) is 0 Å². The van der Waals surface area contributed by atoms with E-state index < -0.39 is 0 Å². The maximum absolute atomic E-state index is 3.82. The molecule has 0 atom stereocenters. The van der Waals surface area contributed by atoms with Gasteiger partial charge in [-0.2, -0.15) is 0 Å². The number of hydrogen-bond donors (Lipinski definition) is 0. The van der Waals surface area contributed by atoms with E-state index >= 15 is 0 Å². The smallest absolute Gasteiger partial charge is 0.0181 e. The second kappa shape index (κ2) is 4.52. The molecule has 88 valence electrons. The van der Waals surface area contributed by atoms with Crippen LogP contribution in [-0.4, -0.2) is 0 Å². The molecule has 18 heavy (non-hydrogen) atoms. The minimum atomic E-state index is 1.10. The van der Waals surface area contributed by atoms with Gasteiger partial charge in [-0.25, -0.2) is 0 Å². The average molecular weight is 362 g/mol. The van der Waals surface area contributed by atoms with Gasteiger partial charge in [0.15, 0.2) is 0 Å². The number of fused-ring (bicyclic) bond motifs is 3. The Hall–Kier alpha value is -1.12. The van der Waals surface area contributed by atoms with Crippen molar-refractivity contribution in [1.82, 2.24) is 0 Å². The van der Waals surface area contributed by atoms with E-state index in [0.29, 0.717) is 0 Å². The molecule has 0 unspecified atom stereocenters. The summed E-state index contributed by atoms with van der Waals surface area (Å²) in [5, 5.41) is 0. The Morgan fingerprint density at radius 3 is 1.72 bits per heavy atom. The number of halogens is 2. The first-order valence-corrected chi connectivity index (χ1v) is 7.22. The summed E-state index contributed by atoms with van der Waals surface area (Å²) in [6.45, 7) is 3.82. The van der Waals surface area contributed by atoms with Crippen LogP contribution in [0.2, 0.25) is 0 Å². The van der Waals surface area contributed by atoms with Gasteiger partial charge in [0.25, 0.3) is 0 Å². The summed E-state index contributed by atoms with van der Waals surface area (Å²) in [6.07, 6.45) is 3.92. The second-order valence-corrected chi connectivity index (χ2v) is 6.03. The van der Waals surface area contributed by atoms with Crippen LogP contribution in [0.4, 0.5) is 0 Å². The Bertz CT molecular complexity index is 628. The molecular formula is C16H10Br2. The van der Waals surface area contributed by atoms with E-state index in [-0.39, 0.29) is 0 Å². The largest absolute Gasteiger partial charge is 0.0990 e. The fourth-order valence-electron chi connectivity index (χ4n) is 2.39. The number of benzene rings is 2. The lowest BCUT2D eigenvalue weighted by molar-refractivity contribution is 1.60. The van der Waals surface area contributed by atoms with Gasteiger partial charge >= 0.3 is 0 Å². The van der Waals surface area contributed by atoms with Crippen LogP contribution in [0.15, 0.2) is 64.1 Å². The molecule has 1 aliphatic carbocycles. The molecule has 1 aliphatic rings. The van der Waals surface area contributed by atoms with E-state index in [4.69, 9.17) is 0 Å². The maximum atomic E-state index is 3.82. The molecule has 0 bridgehead atoms. The van der Waals surface area contributed by atoms with E-state index in [1.165, 1.54) is 27.8 Å². The molecule has 0 spiro atoms. The third-order valence-corrected chi connectivity index (χ3v) is 4.10. The Morgan fingerprint density at radius 1 is 0.778 bits per heavy atom. The van der Waals surface area contributed by atoms with Crippen LogP contribution < -0.4 is 0 Å². The summed E-state index contributed by atoms with van der Waals surface area (Å²) < 4.78 is 2.20. The molecular weight excluding hydrogens is 352 g/mol. The number of hydrogen-bond acceptors (Lipinski definition) is 0. The number of rotatable bonds is 1. The van der Waals surface area contributed by atoms with E-state index in [0.717, 1.165) is 8.95 Å². The van der Waals surface area contributed by atoms with Gasteiger partial charge in [0.1, 0.15) is 0 Å². The normalized spacial score (nSPS) is 12.0. The minimum absolute atomic E-state index is 1.10. The van der Waals surface area contributed by atoms with E-state index in [9.17, 15) is 0 Å². The Kier molecular flexibility index (Phi) is 3.00. The second-order valence-electron chi connectivity index (χ2n) is 4.20. The lowest BCUT2D eigenvalue weighted by Crippen LogP contribution is -1.80. The summed E-state index contributed by atoms with van der Waals surface area (Å²) in [4.78, 5) is 0. The zero-order valence-corrected chi connectivity index (χ0v) is 12.8. The van der Waals surface area contributed by atoms with Crippen molar-refractivity contribution in [3.05, 3.63) is 75.2 Å². The van der Waals surface area contributed by atoms with Crippen molar-refractivity contribution in [1.29, 1.82) is 0 Å². The molecule has 0 N–H and O–H groups in total. The molecule has 3 rings (SSSR count). The van der Waals surface area contributed by atoms with Gasteiger partial charge in [-0.3, -0.25) is 0 Å². The van der Waals surface area contributed by atoms with Crippen molar-refractivity contribution < 1.29 is 0 Å². The Morgan fingerprint density at radius 2 is 1.28 bits per heavy atom. The van der Waals surface area contributed by atoms with Crippen LogP contribution in [0.3, 0.4) is 0 Å². The third-order valence-electron chi connectivity index (χ3n) is 3.12. The topological polar surface area (TPSA) is 0 Å². The highest BCUT2D eigenvalue weighted by atomic mass is 79.9. The fourth-order valence-corrected chi connectivity index (χ4v) is 3.11. The molecule has 0 nitrogen and oxygen atoms in total. The van der Waals surface area contributed by atoms with Gasteiger partial charge < -0.3 is 0 Å². The molecule has 2 heteroatoms. The third kappa shape index (κ3) is 1.80. The van der Waals surface area contributed by atoms with Crippen molar-refractivity contribution in [3.8, 4) is 11.1 Å². The van der Waals surface area contributed by atoms with Gasteiger partial charge in [0.2, 0.25) is 0 Å². The van der Waals surface area contributed by atoms with Gasteiger partial charge in [-0.1, -0.05) is 62.7 Å². The minimum Gasteiger partial charge on any atom is -0.0990 e. The van der Waals surface area contributed by atoms with Crippen LogP contribution in [0.1, 0.15) is 11.1 Å². The van der Waals surface area contributed by atoms with Crippen LogP contribution in [0.25, 0.3) is 16.7 Å². The van der Waals surface area contributed by atoms with E-state index in [1.54, 1.807) is 0 Å². The van der Waals surface area contributed by atoms with Gasteiger partial charge in [0, 0.05) is 8.95 Å². The van der Waals surface area contributed by atoms with Crippen molar-refractivity contribution in [2.24, 2.45) is 0 Å². The predicted molar refractivity (Wildman–Crippen MR) is 84.6 cm³/mol. The summed E-state index contributed by atoms with van der Waals surface area (Å²) >= 11 is 7.08. The van der Waals surface area contributed by atoms with Crippen LogP contribution in [0.5, 0.6) is 0 Å². The first-order chi connectivity index (χ1) is 8.70. The highest BCUT2D eigenvalue weighted by Crippen LogP contribution is 2.45. The van der Waals surface area contributed by atoms with Crippen molar-refractivity contribution in [2.45, 2.75) is 0 Å². The first-order valence-electron chi connectivity index (χ1n) is 5.63. The summed E-state index contributed by atoms with van der Waals surface area (Å²) in [6, 6.07) is 12.8. The Balaban J connectivity index is 2.36. The summed E-state index contributed by atoms with van der Waals surface area (Å²) in [7, 11) is 0. The fraction of sp³-hybridized carbons (Fsp3) is 0. The molecule has 0 fully saturated rings. The van der Waals surface area contributed by atoms with Gasteiger partial charge in [0.05, 0.1) is 0 Å². The van der Waals surface area contributed by atoms with Crippen molar-refractivity contribution in [2.75, 3.05) is 0 Å². The molecule has 0 aliphatic heterocycles. The van der Waals surface area contributed by atoms with Crippen LogP contribution in [-0.2, 0) is 0 Å². The maximum Gasteiger partial charge on any atom is 0.0181 e. The summed E-state index contributed by atoms with van der Waals surface area (Å²) in [5.41, 5.74) is 6.33. The zero-order valence-electron chi connectivity index (χ0n) is 9.58. The van der Waals surface area contributed by atoms with Crippen molar-refractivity contribution >= 4 is 37.4 Å². The standard InChI is InChI=1S/C16H10Br2/c1-2-3-12-15-8-10(17)4-6-13(15)14-7-5-11(18)9-16(12)14/h2-9H,1H2. The quantitative estimate of drug-likeness (QED) is 0.513. The molecule has 0 amide bonds. The molecule has 2 aromatic carbocycles. The van der Waals surface area contributed by atoms with Gasteiger partial charge in [-0.15, -0.1) is 0 Å². The average Bonchev–Trinajstić information content (AvgIpc) is 2.63. The molecule has 0 saturated heterocycles. The molecule has 0 heterocycles. The zero-order chi connectivity index (χ0) is 12.7. The first kappa shape index (κ1) is 11.9. The molecule has 0 radical (unpaired) electrons. The Labute approximate surface area is 123 Å². The highest BCUT2D eigenvalue weighted by Gasteiger charge is 2.23. The predicted octanol–water partition coefficient (Wildman–Crippen LogP) is 5.81. The monoisotopic (exact) mass is 360 g/mol. The SMILES string of the molecule is C=CC=C1c2cc(Br)ccc2-c2ccc(Br)cc21. The lowest BCUT2D eigenvalue weighted by atomic mass is 10.0. The van der Waals surface area contributed by atoms with Crippen LogP contribution in [0, 0.1) is 0 Å². The molecule has 2 aromatic rings. The van der Waals surface area contributed by atoms with E-state index in [1.807, 2.05) is 6.08 Å². The van der Waals surface area contributed by atoms with E-state index in [2.05, 4.69) is 80.9 Å². The summed E-state index contributed by atoms with van der Waals surface area (Å²) in [5.74, 6) is 0. The molecule has 0 saturated carbocycles.